The summed E-state index contributed by atoms with van der Waals surface area (Å²) in [6, 6.07) is 31.1. The zero-order valence-electron chi connectivity index (χ0n) is 18.8. The second-order valence-corrected chi connectivity index (χ2v) is 10.7. The van der Waals surface area contributed by atoms with Gasteiger partial charge in [0.15, 0.2) is 5.79 Å². The summed E-state index contributed by atoms with van der Waals surface area (Å²) < 4.78 is 19.3. The predicted molar refractivity (Wildman–Crippen MR) is 136 cm³/mol. The summed E-state index contributed by atoms with van der Waals surface area (Å²) in [4.78, 5) is 0. The van der Waals surface area contributed by atoms with Crippen LogP contribution in [0.25, 0.3) is 0 Å². The Kier molecular flexibility index (Phi) is 6.35. The summed E-state index contributed by atoms with van der Waals surface area (Å²) in [5, 5.41) is 10.9. The first kappa shape index (κ1) is 23.0. The molecule has 2 fully saturated rings. The highest BCUT2D eigenvalue weighted by molar-refractivity contribution is 14.1. The summed E-state index contributed by atoms with van der Waals surface area (Å²) in [6.07, 6.45) is -1.14. The topological polar surface area (TPSA) is 47.9 Å². The van der Waals surface area contributed by atoms with Gasteiger partial charge in [0.25, 0.3) is 0 Å². The minimum Gasteiger partial charge on any atom is -0.389 e. The molecule has 172 valence electrons. The summed E-state index contributed by atoms with van der Waals surface area (Å²) in [5.41, 5.74) is 2.39. The lowest BCUT2D eigenvalue weighted by atomic mass is 9.80. The van der Waals surface area contributed by atoms with Crippen molar-refractivity contribution >= 4 is 22.6 Å². The summed E-state index contributed by atoms with van der Waals surface area (Å²) in [6.45, 7) is 4.23. The summed E-state index contributed by atoms with van der Waals surface area (Å²) in [5.74, 6) is -0.719. The molecule has 0 radical (unpaired) electrons. The molecule has 5 atom stereocenters. The fraction of sp³-hybridized carbons (Fsp3) is 0.357. The van der Waals surface area contributed by atoms with Gasteiger partial charge in [-0.1, -0.05) is 114 Å². The van der Waals surface area contributed by atoms with Gasteiger partial charge < -0.3 is 19.3 Å². The molecule has 1 N–H and O–H groups in total. The maximum absolute atomic E-state index is 10.9. The SMILES string of the molecule is CC1(C)O[C@@H]2[C@H](O1)C(COC(c1ccccc1)(c1ccccc1)c1ccccc1)C(I)[C@@H]2O. The molecular weight excluding hydrogens is 527 g/mol. The fourth-order valence-electron chi connectivity index (χ4n) is 5.20. The number of rotatable bonds is 6. The Labute approximate surface area is 209 Å². The van der Waals surface area contributed by atoms with Crippen LogP contribution in [0.4, 0.5) is 0 Å². The third-order valence-corrected chi connectivity index (χ3v) is 8.35. The van der Waals surface area contributed by atoms with E-state index in [9.17, 15) is 5.11 Å². The minimum atomic E-state index is -0.793. The van der Waals surface area contributed by atoms with E-state index in [-0.39, 0.29) is 22.1 Å². The number of alkyl halides is 1. The number of ether oxygens (including phenoxy) is 3. The van der Waals surface area contributed by atoms with Crippen molar-refractivity contribution < 1.29 is 19.3 Å². The van der Waals surface area contributed by atoms with E-state index >= 15 is 0 Å². The number of fused-ring (bicyclic) bond motifs is 1. The van der Waals surface area contributed by atoms with Gasteiger partial charge in [-0.05, 0) is 30.5 Å². The average molecular weight is 556 g/mol. The molecule has 2 aliphatic rings. The van der Waals surface area contributed by atoms with Crippen molar-refractivity contribution in [2.75, 3.05) is 6.61 Å². The lowest BCUT2D eigenvalue weighted by molar-refractivity contribution is -0.168. The number of benzene rings is 3. The van der Waals surface area contributed by atoms with E-state index in [1.807, 2.05) is 68.4 Å². The van der Waals surface area contributed by atoms with Crippen LogP contribution < -0.4 is 0 Å². The van der Waals surface area contributed by atoms with Crippen LogP contribution in [0.3, 0.4) is 0 Å². The van der Waals surface area contributed by atoms with E-state index in [0.29, 0.717) is 6.61 Å². The van der Waals surface area contributed by atoms with Crippen molar-refractivity contribution in [3.8, 4) is 0 Å². The first-order valence-corrected chi connectivity index (χ1v) is 12.7. The highest BCUT2D eigenvalue weighted by atomic mass is 127. The largest absolute Gasteiger partial charge is 0.389 e. The monoisotopic (exact) mass is 556 g/mol. The predicted octanol–water partition coefficient (Wildman–Crippen LogP) is 5.31. The molecule has 1 heterocycles. The molecule has 2 unspecified atom stereocenters. The zero-order valence-corrected chi connectivity index (χ0v) is 21.0. The second-order valence-electron chi connectivity index (χ2n) is 9.25. The molecule has 1 aliphatic heterocycles. The van der Waals surface area contributed by atoms with Crippen LogP contribution in [0.2, 0.25) is 0 Å². The van der Waals surface area contributed by atoms with Crippen LogP contribution in [0.1, 0.15) is 30.5 Å². The van der Waals surface area contributed by atoms with E-state index in [1.54, 1.807) is 0 Å². The molecule has 3 aromatic rings. The highest BCUT2D eigenvalue weighted by Crippen LogP contribution is 2.47. The molecule has 1 saturated carbocycles. The molecule has 0 bridgehead atoms. The number of hydrogen-bond donors (Lipinski definition) is 1. The standard InChI is InChI=1S/C28H29IO4/c1-27(2)32-25-22(23(29)24(30)26(25)33-27)18-31-28(19-12-6-3-7-13-19,20-14-8-4-9-15-20)21-16-10-5-11-17-21/h3-17,22-26,30H,18H2,1-2H3/t22?,23?,24-,25+,26-/m0/s1. The first-order chi connectivity index (χ1) is 15.9. The molecule has 0 aromatic heterocycles. The second kappa shape index (κ2) is 9.12. The van der Waals surface area contributed by atoms with E-state index < -0.39 is 17.5 Å². The summed E-state index contributed by atoms with van der Waals surface area (Å²) >= 11 is 2.33. The average Bonchev–Trinajstić information content (AvgIpc) is 3.27. The Morgan fingerprint density at radius 3 is 1.67 bits per heavy atom. The van der Waals surface area contributed by atoms with Crippen molar-refractivity contribution in [3.63, 3.8) is 0 Å². The van der Waals surface area contributed by atoms with Gasteiger partial charge in [-0.25, -0.2) is 0 Å². The highest BCUT2D eigenvalue weighted by Gasteiger charge is 2.58. The molecule has 4 nitrogen and oxygen atoms in total. The zero-order chi connectivity index (χ0) is 23.1. The van der Waals surface area contributed by atoms with E-state index in [2.05, 4.69) is 59.0 Å². The van der Waals surface area contributed by atoms with E-state index in [1.165, 1.54) is 0 Å². The molecule has 5 rings (SSSR count). The molecule has 33 heavy (non-hydrogen) atoms. The van der Waals surface area contributed by atoms with Crippen LogP contribution in [-0.4, -0.2) is 39.7 Å². The lowest BCUT2D eigenvalue weighted by Crippen LogP contribution is -2.38. The Morgan fingerprint density at radius 2 is 1.21 bits per heavy atom. The van der Waals surface area contributed by atoms with Crippen molar-refractivity contribution in [2.24, 2.45) is 5.92 Å². The van der Waals surface area contributed by atoms with E-state index in [0.717, 1.165) is 16.7 Å². The lowest BCUT2D eigenvalue weighted by Gasteiger charge is -2.37. The van der Waals surface area contributed by atoms with Crippen molar-refractivity contribution in [3.05, 3.63) is 108 Å². The summed E-state index contributed by atoms with van der Waals surface area (Å²) in [7, 11) is 0. The number of halogens is 1. The Balaban J connectivity index is 1.57. The van der Waals surface area contributed by atoms with Crippen molar-refractivity contribution in [1.82, 2.24) is 0 Å². The van der Waals surface area contributed by atoms with Crippen molar-refractivity contribution in [2.45, 2.75) is 47.5 Å². The van der Waals surface area contributed by atoms with Crippen LogP contribution in [0.15, 0.2) is 91.0 Å². The molecule has 1 saturated heterocycles. The van der Waals surface area contributed by atoms with Gasteiger partial charge in [0.2, 0.25) is 0 Å². The molecule has 3 aromatic carbocycles. The van der Waals surface area contributed by atoms with Gasteiger partial charge >= 0.3 is 0 Å². The van der Waals surface area contributed by atoms with Crippen molar-refractivity contribution in [1.29, 1.82) is 0 Å². The number of hydrogen-bond acceptors (Lipinski definition) is 4. The third-order valence-electron chi connectivity index (χ3n) is 6.69. The minimum absolute atomic E-state index is 0.0112. The van der Waals surface area contributed by atoms with Gasteiger partial charge in [-0.3, -0.25) is 0 Å². The molecule has 5 heteroatoms. The third kappa shape index (κ3) is 4.15. The Morgan fingerprint density at radius 1 is 0.788 bits per heavy atom. The fourth-order valence-corrected chi connectivity index (χ4v) is 6.23. The Hall–Kier alpha value is -1.77. The normalized spacial score (nSPS) is 28.5. The van der Waals surface area contributed by atoms with Gasteiger partial charge in [0.05, 0.1) is 18.8 Å². The first-order valence-electron chi connectivity index (χ1n) is 11.4. The molecule has 0 spiro atoms. The maximum Gasteiger partial charge on any atom is 0.163 e. The smallest absolute Gasteiger partial charge is 0.163 e. The van der Waals surface area contributed by atoms with Crippen LogP contribution in [0, 0.1) is 5.92 Å². The van der Waals surface area contributed by atoms with Crippen LogP contribution in [-0.2, 0) is 19.8 Å². The molecular formula is C28H29IO4. The molecule has 0 amide bonds. The number of aliphatic hydroxyl groups is 1. The molecule has 1 aliphatic carbocycles. The van der Waals surface area contributed by atoms with Gasteiger partial charge in [0, 0.05) is 9.84 Å². The van der Waals surface area contributed by atoms with Gasteiger partial charge in [0.1, 0.15) is 11.7 Å². The van der Waals surface area contributed by atoms with E-state index in [4.69, 9.17) is 14.2 Å². The number of aliphatic hydroxyl groups excluding tert-OH is 1. The van der Waals surface area contributed by atoms with Crippen LogP contribution >= 0.6 is 22.6 Å². The quantitative estimate of drug-likeness (QED) is 0.254. The van der Waals surface area contributed by atoms with Crippen LogP contribution in [0.5, 0.6) is 0 Å². The maximum atomic E-state index is 10.9. The Bertz CT molecular complexity index is 960. The van der Waals surface area contributed by atoms with Gasteiger partial charge in [-0.2, -0.15) is 0 Å². The van der Waals surface area contributed by atoms with Gasteiger partial charge in [-0.15, -0.1) is 0 Å².